The number of carbonyl (C=O) groups is 2. The number of aliphatic hydroxyl groups excluding tert-OH is 2. The van der Waals surface area contributed by atoms with Gasteiger partial charge in [0.2, 0.25) is 0 Å². The van der Waals surface area contributed by atoms with Crippen LogP contribution in [0.1, 0.15) is 36.2 Å². The molecule has 0 radical (unpaired) electrons. The molecule has 176 valence electrons. The summed E-state index contributed by atoms with van der Waals surface area (Å²) in [6.45, 7) is 4.63. The molecule has 0 aliphatic carbocycles. The lowest BCUT2D eigenvalue weighted by Gasteiger charge is -2.20. The molecule has 1 aliphatic rings. The van der Waals surface area contributed by atoms with Gasteiger partial charge in [-0.2, -0.15) is 0 Å². The molecule has 4 N–H and O–H groups in total. The third-order valence-electron chi connectivity index (χ3n) is 5.54. The quantitative estimate of drug-likeness (QED) is 0.515. The molecule has 1 aromatic heterocycles. The van der Waals surface area contributed by atoms with E-state index in [1.165, 1.54) is 24.3 Å². The standard InChI is InChI=1S/C24H29N3O6/c1-15-6-7-20(29)23(31)19(28)5-3-4-17-12-18(26-9-11-27-10-8-25-14-27)13-21(30)22(17)24(32)33-16(15)2/h3-4,6-8,10,12-16,19,23,26,28,30-31H,5,9,11H2,1-2H3/b4-3+,7-6-/t15?,16-,19-,23-/m0/s1. The summed E-state index contributed by atoms with van der Waals surface area (Å²) in [4.78, 5) is 29.0. The van der Waals surface area contributed by atoms with Crippen molar-refractivity contribution in [1.82, 2.24) is 9.55 Å². The summed E-state index contributed by atoms with van der Waals surface area (Å²) in [5.74, 6) is -1.91. The average molecular weight is 456 g/mol. The summed E-state index contributed by atoms with van der Waals surface area (Å²) in [5, 5.41) is 34.1. The molecule has 0 spiro atoms. The molecular formula is C24H29N3O6. The minimum absolute atomic E-state index is 0.00221. The Hall–Kier alpha value is -3.43. The van der Waals surface area contributed by atoms with Gasteiger partial charge in [-0.05, 0) is 31.1 Å². The van der Waals surface area contributed by atoms with Crippen molar-refractivity contribution in [2.45, 2.75) is 45.1 Å². The minimum Gasteiger partial charge on any atom is -0.507 e. The zero-order valence-corrected chi connectivity index (χ0v) is 18.6. The average Bonchev–Trinajstić information content (AvgIpc) is 3.29. The van der Waals surface area contributed by atoms with E-state index in [-0.39, 0.29) is 23.7 Å². The monoisotopic (exact) mass is 455 g/mol. The highest BCUT2D eigenvalue weighted by Gasteiger charge is 2.25. The Bertz CT molecular complexity index is 1030. The van der Waals surface area contributed by atoms with Gasteiger partial charge in [0.1, 0.15) is 23.5 Å². The van der Waals surface area contributed by atoms with E-state index in [0.717, 1.165) is 0 Å². The highest BCUT2D eigenvalue weighted by molar-refractivity contribution is 5.97. The second-order valence-corrected chi connectivity index (χ2v) is 8.07. The molecule has 4 atom stereocenters. The van der Waals surface area contributed by atoms with Gasteiger partial charge in [0, 0.05) is 43.2 Å². The Morgan fingerprint density at radius 3 is 2.73 bits per heavy atom. The molecule has 2 aromatic rings. The van der Waals surface area contributed by atoms with Gasteiger partial charge in [0.25, 0.3) is 0 Å². The van der Waals surface area contributed by atoms with E-state index in [0.29, 0.717) is 24.3 Å². The summed E-state index contributed by atoms with van der Waals surface area (Å²) >= 11 is 0. The summed E-state index contributed by atoms with van der Waals surface area (Å²) in [6.07, 6.45) is 7.50. The Morgan fingerprint density at radius 1 is 1.21 bits per heavy atom. The lowest BCUT2D eigenvalue weighted by Crippen LogP contribution is -2.32. The summed E-state index contributed by atoms with van der Waals surface area (Å²) in [6, 6.07) is 3.14. The van der Waals surface area contributed by atoms with E-state index in [4.69, 9.17) is 4.74 Å². The summed E-state index contributed by atoms with van der Waals surface area (Å²) < 4.78 is 7.43. The van der Waals surface area contributed by atoms with Gasteiger partial charge in [-0.25, -0.2) is 9.78 Å². The molecule has 0 saturated carbocycles. The van der Waals surface area contributed by atoms with Crippen LogP contribution in [-0.4, -0.2) is 61.5 Å². The molecular weight excluding hydrogens is 426 g/mol. The predicted octanol–water partition coefficient (Wildman–Crippen LogP) is 2.15. The Labute approximate surface area is 192 Å². The number of aromatic nitrogens is 2. The van der Waals surface area contributed by atoms with E-state index in [1.54, 1.807) is 38.5 Å². The largest absolute Gasteiger partial charge is 0.507 e. The summed E-state index contributed by atoms with van der Waals surface area (Å²) in [7, 11) is 0. The number of esters is 1. The third kappa shape index (κ3) is 6.30. The molecule has 33 heavy (non-hydrogen) atoms. The molecule has 3 rings (SSSR count). The number of carbonyl (C=O) groups excluding carboxylic acids is 2. The van der Waals surface area contributed by atoms with Crippen LogP contribution in [0.3, 0.4) is 0 Å². The Kier molecular flexibility index (Phi) is 8.02. The molecule has 0 bridgehead atoms. The van der Waals surface area contributed by atoms with Gasteiger partial charge >= 0.3 is 5.97 Å². The van der Waals surface area contributed by atoms with Gasteiger partial charge in [0.05, 0.1) is 12.4 Å². The number of hydrogen-bond acceptors (Lipinski definition) is 8. The first-order valence-corrected chi connectivity index (χ1v) is 10.8. The summed E-state index contributed by atoms with van der Waals surface area (Å²) in [5.41, 5.74) is 0.966. The fourth-order valence-corrected chi connectivity index (χ4v) is 3.34. The highest BCUT2D eigenvalue weighted by atomic mass is 16.5. The van der Waals surface area contributed by atoms with Crippen molar-refractivity contribution in [2.75, 3.05) is 11.9 Å². The van der Waals surface area contributed by atoms with Crippen molar-refractivity contribution < 1.29 is 29.6 Å². The van der Waals surface area contributed by atoms with Crippen LogP contribution in [0.15, 0.2) is 49.1 Å². The van der Waals surface area contributed by atoms with Crippen molar-refractivity contribution in [1.29, 1.82) is 0 Å². The second-order valence-electron chi connectivity index (χ2n) is 8.07. The first-order chi connectivity index (χ1) is 15.8. The molecule has 0 fully saturated rings. The van der Waals surface area contributed by atoms with Gasteiger partial charge in [-0.1, -0.05) is 25.2 Å². The Balaban J connectivity index is 1.89. The number of hydrogen-bond donors (Lipinski definition) is 4. The molecule has 0 saturated heterocycles. The molecule has 1 aliphatic heterocycles. The number of rotatable bonds is 4. The number of anilines is 1. The zero-order chi connectivity index (χ0) is 24.0. The second kappa shape index (κ2) is 10.9. The number of benzene rings is 1. The maximum absolute atomic E-state index is 12.9. The molecule has 9 heteroatoms. The predicted molar refractivity (Wildman–Crippen MR) is 123 cm³/mol. The number of nitrogens with one attached hydrogen (secondary N) is 1. The van der Waals surface area contributed by atoms with Crippen molar-refractivity contribution in [3.8, 4) is 5.75 Å². The fraction of sp³-hybridized carbons (Fsp3) is 0.375. The SMILES string of the molecule is CC1/C=C\C(=O)[C@@H](O)[C@@H](O)C/C=C/c2cc(NCCn3ccnc3)cc(O)c2C(=O)O[C@H]1C. The Morgan fingerprint density at radius 2 is 2.00 bits per heavy atom. The molecule has 9 nitrogen and oxygen atoms in total. The molecule has 0 amide bonds. The van der Waals surface area contributed by atoms with Gasteiger partial charge < -0.3 is 29.9 Å². The maximum Gasteiger partial charge on any atom is 0.342 e. The molecule has 1 aromatic carbocycles. The molecule has 1 unspecified atom stereocenters. The van der Waals surface area contributed by atoms with Crippen LogP contribution in [0.2, 0.25) is 0 Å². The van der Waals surface area contributed by atoms with Crippen LogP contribution in [0.25, 0.3) is 6.08 Å². The number of aromatic hydroxyl groups is 1. The van der Waals surface area contributed by atoms with Gasteiger partial charge in [-0.15, -0.1) is 0 Å². The van der Waals surface area contributed by atoms with E-state index >= 15 is 0 Å². The highest BCUT2D eigenvalue weighted by Crippen LogP contribution is 2.30. The third-order valence-corrected chi connectivity index (χ3v) is 5.54. The number of phenolic OH excluding ortho intramolecular Hbond substituents is 1. The number of cyclic esters (lactones) is 1. The lowest BCUT2D eigenvalue weighted by atomic mass is 9.99. The first-order valence-electron chi connectivity index (χ1n) is 10.8. The number of aliphatic hydroxyl groups is 2. The normalized spacial score (nSPS) is 26.1. The smallest absolute Gasteiger partial charge is 0.342 e. The van der Waals surface area contributed by atoms with Crippen LogP contribution in [0, 0.1) is 5.92 Å². The maximum atomic E-state index is 12.9. The topological polar surface area (TPSA) is 134 Å². The van der Waals surface area contributed by atoms with E-state index in [2.05, 4.69) is 10.3 Å². The number of ketones is 1. The van der Waals surface area contributed by atoms with E-state index in [9.17, 15) is 24.9 Å². The van der Waals surface area contributed by atoms with Crippen LogP contribution in [0.4, 0.5) is 5.69 Å². The van der Waals surface area contributed by atoms with Crippen molar-refractivity contribution in [3.63, 3.8) is 0 Å². The zero-order valence-electron chi connectivity index (χ0n) is 18.6. The van der Waals surface area contributed by atoms with Crippen LogP contribution in [-0.2, 0) is 16.1 Å². The number of fused-ring (bicyclic) bond motifs is 1. The van der Waals surface area contributed by atoms with Crippen molar-refractivity contribution in [2.24, 2.45) is 5.92 Å². The van der Waals surface area contributed by atoms with Crippen LogP contribution in [0.5, 0.6) is 5.75 Å². The number of phenols is 1. The van der Waals surface area contributed by atoms with Gasteiger partial charge in [-0.3, -0.25) is 4.79 Å². The minimum atomic E-state index is -1.57. The van der Waals surface area contributed by atoms with E-state index < -0.39 is 30.1 Å². The van der Waals surface area contributed by atoms with Crippen molar-refractivity contribution in [3.05, 3.63) is 60.2 Å². The lowest BCUT2D eigenvalue weighted by molar-refractivity contribution is -0.127. The van der Waals surface area contributed by atoms with E-state index in [1.807, 2.05) is 10.8 Å². The fourth-order valence-electron chi connectivity index (χ4n) is 3.34. The van der Waals surface area contributed by atoms with Crippen molar-refractivity contribution >= 4 is 23.5 Å². The number of nitrogens with zero attached hydrogens (tertiary/aromatic N) is 2. The van der Waals surface area contributed by atoms with Crippen LogP contribution < -0.4 is 5.32 Å². The first kappa shape index (κ1) is 24.2. The van der Waals surface area contributed by atoms with Gasteiger partial charge in [0.15, 0.2) is 5.78 Å². The number of imidazole rings is 1. The number of ether oxygens (including phenoxy) is 1. The molecule has 2 heterocycles. The van der Waals surface area contributed by atoms with Crippen LogP contribution >= 0.6 is 0 Å².